The Hall–Kier alpha value is -1.91. The molecule has 0 fully saturated rings. The quantitative estimate of drug-likeness (QED) is 0.872. The van der Waals surface area contributed by atoms with Gasteiger partial charge < -0.3 is 14.7 Å². The summed E-state index contributed by atoms with van der Waals surface area (Å²) in [5.74, 6) is -0.0458. The maximum atomic E-state index is 11.1. The van der Waals surface area contributed by atoms with Gasteiger partial charge in [-0.25, -0.2) is 0 Å². The molecule has 6 heteroatoms. The molecule has 0 aliphatic carbocycles. The maximum absolute atomic E-state index is 11.1. The highest BCUT2D eigenvalue weighted by atomic mass is 35.5. The Bertz CT molecular complexity index is 702. The number of carboxylic acid groups (broad SMARTS) is 1. The molecule has 4 nitrogen and oxygen atoms in total. The van der Waals surface area contributed by atoms with E-state index in [0.717, 1.165) is 5.69 Å². The van der Waals surface area contributed by atoms with Gasteiger partial charge in [0.15, 0.2) is 0 Å². The van der Waals surface area contributed by atoms with Crippen molar-refractivity contribution < 1.29 is 14.6 Å². The summed E-state index contributed by atoms with van der Waals surface area (Å²) in [4.78, 5) is 12.9. The number of anilines is 1. The van der Waals surface area contributed by atoms with Crippen LogP contribution in [0.2, 0.25) is 10.0 Å². The lowest BCUT2D eigenvalue weighted by Gasteiger charge is -2.17. The first kappa shape index (κ1) is 16.5. The van der Waals surface area contributed by atoms with Crippen molar-refractivity contribution in [3.8, 4) is 11.5 Å². The fourth-order valence-electron chi connectivity index (χ4n) is 1.92. The second-order valence-corrected chi connectivity index (χ2v) is 5.78. The number of aliphatic carboxylic acids is 1. The fourth-order valence-corrected chi connectivity index (χ4v) is 2.37. The summed E-state index contributed by atoms with van der Waals surface area (Å²) in [6, 6.07) is 10.3. The van der Waals surface area contributed by atoms with E-state index in [2.05, 4.69) is 0 Å². The van der Waals surface area contributed by atoms with Crippen LogP contribution in [0.4, 0.5) is 5.69 Å². The molecule has 0 aromatic heterocycles. The van der Waals surface area contributed by atoms with Crippen LogP contribution in [0, 0.1) is 0 Å². The summed E-state index contributed by atoms with van der Waals surface area (Å²) in [6.45, 7) is 0. The average Bonchev–Trinajstić information content (AvgIpc) is 2.42. The SMILES string of the molecule is CN(C)c1ccc(Oc2ccc(Cl)cc2Cl)c(CC(=O)O)c1. The monoisotopic (exact) mass is 339 g/mol. The molecule has 2 rings (SSSR count). The zero-order valence-electron chi connectivity index (χ0n) is 12.1. The molecule has 0 unspecified atom stereocenters. The van der Waals surface area contributed by atoms with E-state index in [1.54, 1.807) is 30.3 Å². The summed E-state index contributed by atoms with van der Waals surface area (Å²) >= 11 is 11.9. The van der Waals surface area contributed by atoms with E-state index in [4.69, 9.17) is 33.0 Å². The second-order valence-electron chi connectivity index (χ2n) is 4.93. The Balaban J connectivity index is 2.38. The Morgan fingerprint density at radius 1 is 1.14 bits per heavy atom. The first-order chi connectivity index (χ1) is 10.4. The molecule has 0 atom stereocenters. The molecular formula is C16H15Cl2NO3. The van der Waals surface area contributed by atoms with Crippen molar-refractivity contribution in [2.75, 3.05) is 19.0 Å². The topological polar surface area (TPSA) is 49.8 Å². The van der Waals surface area contributed by atoms with E-state index in [9.17, 15) is 4.79 Å². The smallest absolute Gasteiger partial charge is 0.307 e. The summed E-state index contributed by atoms with van der Waals surface area (Å²) in [5.41, 5.74) is 1.47. The first-order valence-corrected chi connectivity index (χ1v) is 7.27. The highest BCUT2D eigenvalue weighted by Gasteiger charge is 2.12. The van der Waals surface area contributed by atoms with Gasteiger partial charge in [-0.2, -0.15) is 0 Å². The molecule has 0 saturated carbocycles. The lowest BCUT2D eigenvalue weighted by atomic mass is 10.1. The summed E-state index contributed by atoms with van der Waals surface area (Å²) < 4.78 is 5.76. The zero-order chi connectivity index (χ0) is 16.3. The standard InChI is InChI=1S/C16H15Cl2NO3/c1-19(2)12-4-6-14(10(7-12)8-16(20)21)22-15-5-3-11(17)9-13(15)18/h3-7,9H,8H2,1-2H3,(H,20,21). The number of carbonyl (C=O) groups is 1. The lowest BCUT2D eigenvalue weighted by Crippen LogP contribution is -2.10. The van der Waals surface area contributed by atoms with Crippen LogP contribution in [0.3, 0.4) is 0 Å². The van der Waals surface area contributed by atoms with Gasteiger partial charge in [0.25, 0.3) is 0 Å². The van der Waals surface area contributed by atoms with Crippen LogP contribution in [0.15, 0.2) is 36.4 Å². The molecule has 1 N–H and O–H groups in total. The third-order valence-corrected chi connectivity index (χ3v) is 3.55. The van der Waals surface area contributed by atoms with Crippen LogP contribution in [0.25, 0.3) is 0 Å². The molecule has 0 amide bonds. The third kappa shape index (κ3) is 4.06. The van der Waals surface area contributed by atoms with Crippen molar-refractivity contribution in [1.82, 2.24) is 0 Å². The van der Waals surface area contributed by atoms with Gasteiger partial charge in [-0.3, -0.25) is 4.79 Å². The molecule has 0 bridgehead atoms. The van der Waals surface area contributed by atoms with Crippen LogP contribution in [-0.4, -0.2) is 25.2 Å². The predicted molar refractivity (Wildman–Crippen MR) is 88.6 cm³/mol. The Kier molecular flexibility index (Phi) is 5.16. The predicted octanol–water partition coefficient (Wildman–Crippen LogP) is 4.48. The second kappa shape index (κ2) is 6.90. The number of benzene rings is 2. The van der Waals surface area contributed by atoms with E-state index in [-0.39, 0.29) is 6.42 Å². The van der Waals surface area contributed by atoms with Crippen molar-refractivity contribution in [2.24, 2.45) is 0 Å². The lowest BCUT2D eigenvalue weighted by molar-refractivity contribution is -0.136. The molecular weight excluding hydrogens is 325 g/mol. The summed E-state index contributed by atoms with van der Waals surface area (Å²) in [5, 5.41) is 9.94. The molecule has 0 radical (unpaired) electrons. The highest BCUT2D eigenvalue weighted by molar-refractivity contribution is 6.35. The van der Waals surface area contributed by atoms with Crippen molar-refractivity contribution in [3.05, 3.63) is 52.0 Å². The van der Waals surface area contributed by atoms with Gasteiger partial charge in [0, 0.05) is 30.4 Å². The third-order valence-electron chi connectivity index (χ3n) is 3.02. The number of rotatable bonds is 5. The van der Waals surface area contributed by atoms with Crippen molar-refractivity contribution in [2.45, 2.75) is 6.42 Å². The van der Waals surface area contributed by atoms with E-state index in [1.165, 1.54) is 0 Å². The first-order valence-electron chi connectivity index (χ1n) is 6.52. The minimum absolute atomic E-state index is 0.137. The highest BCUT2D eigenvalue weighted by Crippen LogP contribution is 2.34. The van der Waals surface area contributed by atoms with E-state index < -0.39 is 5.97 Å². The fraction of sp³-hybridized carbons (Fsp3) is 0.188. The molecule has 2 aromatic carbocycles. The Morgan fingerprint density at radius 2 is 1.82 bits per heavy atom. The van der Waals surface area contributed by atoms with Gasteiger partial charge >= 0.3 is 5.97 Å². The number of nitrogens with zero attached hydrogens (tertiary/aromatic N) is 1. The molecule has 0 saturated heterocycles. The largest absolute Gasteiger partial charge is 0.481 e. The van der Waals surface area contributed by atoms with Gasteiger partial charge in [-0.05, 0) is 36.4 Å². The molecule has 0 aliphatic heterocycles. The van der Waals surface area contributed by atoms with Gasteiger partial charge in [-0.15, -0.1) is 0 Å². The number of hydrogen-bond acceptors (Lipinski definition) is 3. The normalized spacial score (nSPS) is 10.4. The van der Waals surface area contributed by atoms with E-state index in [0.29, 0.717) is 27.1 Å². The van der Waals surface area contributed by atoms with E-state index >= 15 is 0 Å². The van der Waals surface area contributed by atoms with Crippen molar-refractivity contribution >= 4 is 34.9 Å². The minimum atomic E-state index is -0.928. The van der Waals surface area contributed by atoms with Gasteiger partial charge in [0.05, 0.1) is 11.4 Å². The van der Waals surface area contributed by atoms with Crippen LogP contribution in [0.1, 0.15) is 5.56 Å². The van der Waals surface area contributed by atoms with Gasteiger partial charge in [0.1, 0.15) is 11.5 Å². The zero-order valence-corrected chi connectivity index (χ0v) is 13.6. The molecule has 0 heterocycles. The minimum Gasteiger partial charge on any atom is -0.481 e. The molecule has 22 heavy (non-hydrogen) atoms. The number of carboxylic acids is 1. The average molecular weight is 340 g/mol. The van der Waals surface area contributed by atoms with Crippen molar-refractivity contribution in [1.29, 1.82) is 0 Å². The van der Waals surface area contributed by atoms with Crippen molar-refractivity contribution in [3.63, 3.8) is 0 Å². The molecule has 0 aliphatic rings. The summed E-state index contributed by atoms with van der Waals surface area (Å²) in [7, 11) is 3.77. The van der Waals surface area contributed by atoms with Gasteiger partial charge in [0.2, 0.25) is 0 Å². The molecule has 0 spiro atoms. The summed E-state index contributed by atoms with van der Waals surface area (Å²) in [6.07, 6.45) is -0.137. The number of halogens is 2. The van der Waals surface area contributed by atoms with Crippen LogP contribution < -0.4 is 9.64 Å². The Morgan fingerprint density at radius 3 is 2.41 bits per heavy atom. The number of ether oxygens (including phenoxy) is 1. The van der Waals surface area contributed by atoms with E-state index in [1.807, 2.05) is 25.1 Å². The maximum Gasteiger partial charge on any atom is 0.307 e. The van der Waals surface area contributed by atoms with Crippen LogP contribution >= 0.6 is 23.2 Å². The Labute approximate surface area is 138 Å². The molecule has 116 valence electrons. The van der Waals surface area contributed by atoms with Crippen LogP contribution in [-0.2, 0) is 11.2 Å². The van der Waals surface area contributed by atoms with Crippen LogP contribution in [0.5, 0.6) is 11.5 Å². The number of hydrogen-bond donors (Lipinski definition) is 1. The van der Waals surface area contributed by atoms with Gasteiger partial charge in [-0.1, -0.05) is 23.2 Å². The molecule has 2 aromatic rings.